The van der Waals surface area contributed by atoms with E-state index in [4.69, 9.17) is 0 Å². The summed E-state index contributed by atoms with van der Waals surface area (Å²) in [5.74, 6) is -2.40. The number of nitro groups is 1. The first kappa shape index (κ1) is 21.8. The Morgan fingerprint density at radius 2 is 1.62 bits per heavy atom. The molecule has 0 unspecified atom stereocenters. The van der Waals surface area contributed by atoms with Crippen molar-refractivity contribution in [3.8, 4) is 0 Å². The SMILES string of the molecule is O=C1c2ccc([N+](=O)[O-])cc2C(=O)N1[C@@H]1C(=O)N(c2cccc(C(F)(F)F)c2)[C@@H]1c1cccs1. The van der Waals surface area contributed by atoms with Gasteiger partial charge in [0.2, 0.25) is 0 Å². The number of rotatable bonds is 4. The number of halogens is 3. The molecular weight excluding hydrogens is 475 g/mol. The average Bonchev–Trinajstić information content (AvgIpc) is 3.40. The number of benzene rings is 2. The van der Waals surface area contributed by atoms with Gasteiger partial charge in [0.25, 0.3) is 23.4 Å². The van der Waals surface area contributed by atoms with Crippen molar-refractivity contribution in [1.82, 2.24) is 4.90 Å². The van der Waals surface area contributed by atoms with Crippen LogP contribution in [0.15, 0.2) is 60.0 Å². The van der Waals surface area contributed by atoms with Crippen LogP contribution in [-0.2, 0) is 11.0 Å². The molecule has 2 aliphatic heterocycles. The molecule has 2 atom stereocenters. The van der Waals surface area contributed by atoms with E-state index in [1.807, 2.05) is 0 Å². The van der Waals surface area contributed by atoms with E-state index in [-0.39, 0.29) is 22.5 Å². The molecule has 1 saturated heterocycles. The maximum atomic E-state index is 13.2. The van der Waals surface area contributed by atoms with Gasteiger partial charge in [-0.05, 0) is 35.7 Å². The van der Waals surface area contributed by atoms with E-state index in [0.717, 1.165) is 40.1 Å². The molecule has 5 rings (SSSR count). The molecule has 0 aliphatic carbocycles. The number of carbonyl (C=O) groups excluding carboxylic acids is 3. The van der Waals surface area contributed by atoms with Gasteiger partial charge in [0.15, 0.2) is 0 Å². The molecule has 0 bridgehead atoms. The lowest BCUT2D eigenvalue weighted by atomic mass is 9.90. The molecule has 0 spiro atoms. The Labute approximate surface area is 193 Å². The van der Waals surface area contributed by atoms with E-state index in [2.05, 4.69) is 0 Å². The highest BCUT2D eigenvalue weighted by Gasteiger charge is 2.58. The van der Waals surface area contributed by atoms with Crippen LogP contribution in [0.1, 0.15) is 37.2 Å². The second-order valence-corrected chi connectivity index (χ2v) is 8.61. The van der Waals surface area contributed by atoms with Crippen molar-refractivity contribution in [2.45, 2.75) is 18.3 Å². The fraction of sp³-hybridized carbons (Fsp3) is 0.136. The average molecular weight is 487 g/mol. The van der Waals surface area contributed by atoms with Gasteiger partial charge >= 0.3 is 6.18 Å². The number of anilines is 1. The van der Waals surface area contributed by atoms with Crippen molar-refractivity contribution in [2.75, 3.05) is 4.90 Å². The van der Waals surface area contributed by atoms with Crippen LogP contribution in [0, 0.1) is 10.1 Å². The summed E-state index contributed by atoms with van der Waals surface area (Å²) in [5, 5.41) is 12.8. The molecule has 2 aromatic carbocycles. The molecule has 34 heavy (non-hydrogen) atoms. The largest absolute Gasteiger partial charge is 0.416 e. The van der Waals surface area contributed by atoms with Gasteiger partial charge in [0.05, 0.1) is 21.6 Å². The van der Waals surface area contributed by atoms with Crippen LogP contribution in [0.4, 0.5) is 24.5 Å². The first-order valence-corrected chi connectivity index (χ1v) is 10.7. The summed E-state index contributed by atoms with van der Waals surface area (Å²) in [4.78, 5) is 52.1. The van der Waals surface area contributed by atoms with E-state index < -0.39 is 46.5 Å². The molecule has 3 aromatic rings. The summed E-state index contributed by atoms with van der Waals surface area (Å²) in [7, 11) is 0. The second kappa shape index (κ2) is 7.48. The molecule has 3 heterocycles. The first-order chi connectivity index (χ1) is 16.1. The van der Waals surface area contributed by atoms with Crippen molar-refractivity contribution in [2.24, 2.45) is 0 Å². The third-order valence-corrected chi connectivity index (χ3v) is 6.69. The minimum atomic E-state index is -4.63. The van der Waals surface area contributed by atoms with Gasteiger partial charge < -0.3 is 0 Å². The Balaban J connectivity index is 1.55. The molecule has 1 fully saturated rings. The zero-order valence-corrected chi connectivity index (χ0v) is 17.7. The zero-order chi connectivity index (χ0) is 24.4. The standard InChI is InChI=1S/C22H12F3N3O5S/c23-22(24,25)11-3-1-4-12(9-11)26-17(16-5-2-8-34-16)18(21(26)31)27-19(29)14-7-6-13(28(32)33)10-15(14)20(27)30/h1-10,17-18H/t17-,18+/m1/s1. The maximum absolute atomic E-state index is 13.2. The lowest BCUT2D eigenvalue weighted by Crippen LogP contribution is -2.67. The smallest absolute Gasteiger partial charge is 0.300 e. The Kier molecular flexibility index (Phi) is 4.79. The molecule has 0 radical (unpaired) electrons. The molecule has 0 N–H and O–H groups in total. The first-order valence-electron chi connectivity index (χ1n) is 9.79. The lowest BCUT2D eigenvalue weighted by Gasteiger charge is -2.49. The predicted molar refractivity (Wildman–Crippen MR) is 113 cm³/mol. The number of non-ortho nitro benzene ring substituents is 1. The van der Waals surface area contributed by atoms with Crippen LogP contribution in [0.25, 0.3) is 0 Å². The van der Waals surface area contributed by atoms with Gasteiger partial charge in [-0.3, -0.25) is 34.3 Å². The number of hydrogen-bond donors (Lipinski definition) is 0. The van der Waals surface area contributed by atoms with Gasteiger partial charge in [-0.15, -0.1) is 11.3 Å². The number of thiophene rings is 1. The van der Waals surface area contributed by atoms with Gasteiger partial charge in [0.1, 0.15) is 12.1 Å². The van der Waals surface area contributed by atoms with E-state index in [1.54, 1.807) is 17.5 Å². The van der Waals surface area contributed by atoms with Gasteiger partial charge in [-0.25, -0.2) is 0 Å². The summed E-state index contributed by atoms with van der Waals surface area (Å²) in [6.07, 6.45) is -4.63. The third kappa shape index (κ3) is 3.17. The van der Waals surface area contributed by atoms with Crippen LogP contribution in [-0.4, -0.2) is 33.6 Å². The second-order valence-electron chi connectivity index (χ2n) is 7.63. The molecule has 3 amide bonds. The molecular formula is C22H12F3N3O5S. The van der Waals surface area contributed by atoms with Crippen molar-refractivity contribution >= 4 is 40.4 Å². The topological polar surface area (TPSA) is 101 Å². The Morgan fingerprint density at radius 3 is 2.26 bits per heavy atom. The molecule has 8 nitrogen and oxygen atoms in total. The highest BCUT2D eigenvalue weighted by Crippen LogP contribution is 2.46. The van der Waals surface area contributed by atoms with E-state index in [9.17, 15) is 37.7 Å². The number of hydrogen-bond acceptors (Lipinski definition) is 6. The Morgan fingerprint density at radius 1 is 0.882 bits per heavy atom. The van der Waals surface area contributed by atoms with Gasteiger partial charge in [-0.1, -0.05) is 12.1 Å². The number of fused-ring (bicyclic) bond motifs is 1. The monoisotopic (exact) mass is 487 g/mol. The predicted octanol–water partition coefficient (Wildman–Crippen LogP) is 4.43. The third-order valence-electron chi connectivity index (χ3n) is 5.74. The van der Waals surface area contributed by atoms with E-state index in [0.29, 0.717) is 4.88 Å². The fourth-order valence-corrected chi connectivity index (χ4v) is 5.05. The number of alkyl halides is 3. The minimum absolute atomic E-state index is 0.0262. The molecule has 12 heteroatoms. The van der Waals surface area contributed by atoms with Crippen molar-refractivity contribution in [3.63, 3.8) is 0 Å². The molecule has 172 valence electrons. The van der Waals surface area contributed by atoms with Crippen molar-refractivity contribution in [3.05, 3.63) is 91.7 Å². The van der Waals surface area contributed by atoms with Crippen LogP contribution in [0.3, 0.4) is 0 Å². The van der Waals surface area contributed by atoms with E-state index in [1.165, 1.54) is 23.5 Å². The minimum Gasteiger partial charge on any atom is -0.300 e. The van der Waals surface area contributed by atoms with Crippen molar-refractivity contribution in [1.29, 1.82) is 0 Å². The van der Waals surface area contributed by atoms with E-state index >= 15 is 0 Å². The summed E-state index contributed by atoms with van der Waals surface area (Å²) in [6.45, 7) is 0. The maximum Gasteiger partial charge on any atom is 0.416 e. The number of amides is 3. The lowest BCUT2D eigenvalue weighted by molar-refractivity contribution is -0.384. The highest BCUT2D eigenvalue weighted by molar-refractivity contribution is 7.10. The summed E-state index contributed by atoms with van der Waals surface area (Å²) in [5.41, 5.74) is -1.64. The van der Waals surface area contributed by atoms with Crippen LogP contribution in [0.5, 0.6) is 0 Å². The molecule has 2 aliphatic rings. The Hall–Kier alpha value is -4.06. The zero-order valence-electron chi connectivity index (χ0n) is 16.9. The summed E-state index contributed by atoms with van der Waals surface area (Å²) in [6, 6.07) is 8.55. The van der Waals surface area contributed by atoms with Crippen molar-refractivity contribution < 1.29 is 32.5 Å². The van der Waals surface area contributed by atoms with Gasteiger partial charge in [-0.2, -0.15) is 13.2 Å². The number of imide groups is 1. The van der Waals surface area contributed by atoms with Crippen LogP contribution >= 0.6 is 11.3 Å². The number of carbonyl (C=O) groups is 3. The quantitative estimate of drug-likeness (QED) is 0.235. The number of nitrogens with zero attached hydrogens (tertiary/aromatic N) is 3. The highest BCUT2D eigenvalue weighted by atomic mass is 32.1. The molecule has 1 aromatic heterocycles. The van der Waals surface area contributed by atoms with Crippen LogP contribution in [0.2, 0.25) is 0 Å². The van der Waals surface area contributed by atoms with Gasteiger partial charge in [0, 0.05) is 22.7 Å². The Bertz CT molecular complexity index is 1370. The fourth-order valence-electron chi connectivity index (χ4n) is 4.20. The summed E-state index contributed by atoms with van der Waals surface area (Å²) >= 11 is 1.22. The number of β-lactam (4-membered cyclic amide) rings is 1. The number of nitro benzene ring substituents is 1. The molecule has 0 saturated carbocycles. The summed E-state index contributed by atoms with van der Waals surface area (Å²) < 4.78 is 39.7. The van der Waals surface area contributed by atoms with Crippen LogP contribution < -0.4 is 4.90 Å². The normalized spacial score (nSPS) is 19.9.